The number of aromatic nitrogens is 2. The number of hydrazine groups is 2. The number of alkyl halides is 2. The largest absolute Gasteiger partial charge is 0.295 e. The van der Waals surface area contributed by atoms with Crippen molar-refractivity contribution in [1.82, 2.24) is 25.2 Å². The minimum Gasteiger partial charge on any atom is -0.295 e. The Balaban J connectivity index is 1.68. The van der Waals surface area contributed by atoms with Gasteiger partial charge < -0.3 is 0 Å². The average Bonchev–Trinajstić information content (AvgIpc) is 3.15. The van der Waals surface area contributed by atoms with Crippen molar-refractivity contribution < 1.29 is 8.78 Å². The molecule has 1 aromatic heterocycles. The predicted octanol–water partition coefficient (Wildman–Crippen LogP) is 2.20. The van der Waals surface area contributed by atoms with Crippen LogP contribution < -0.4 is 11.3 Å². The summed E-state index contributed by atoms with van der Waals surface area (Å²) in [6, 6.07) is 9.96. The standard InChI is InChI=1S/C18H19F2N7/c1-12-14(8-26(23-12)10-16(19)20)17-18-15(9-25(21)11-22-18)27(24-17)7-13-5-3-2-4-6-13/h2-6,8-9,11,16,24H,7,10,21H2,1H3. The van der Waals surface area contributed by atoms with Crippen molar-refractivity contribution in [2.75, 3.05) is 0 Å². The number of nitrogens with one attached hydrogen (secondary N) is 1. The minimum atomic E-state index is -2.46. The highest BCUT2D eigenvalue weighted by atomic mass is 19.3. The fraction of sp³-hybridized carbons (Fsp3) is 0.222. The van der Waals surface area contributed by atoms with Gasteiger partial charge in [-0.3, -0.25) is 20.1 Å². The molecule has 0 amide bonds. The molecule has 140 valence electrons. The first-order valence-electron chi connectivity index (χ1n) is 8.45. The van der Waals surface area contributed by atoms with Crippen molar-refractivity contribution in [1.29, 1.82) is 0 Å². The van der Waals surface area contributed by atoms with Crippen LogP contribution in [0, 0.1) is 6.92 Å². The van der Waals surface area contributed by atoms with Crippen molar-refractivity contribution >= 4 is 12.0 Å². The highest BCUT2D eigenvalue weighted by molar-refractivity contribution is 5.78. The van der Waals surface area contributed by atoms with Gasteiger partial charge in [-0.1, -0.05) is 30.3 Å². The summed E-state index contributed by atoms with van der Waals surface area (Å²) < 4.78 is 26.7. The maximum atomic E-state index is 12.7. The van der Waals surface area contributed by atoms with E-state index in [-0.39, 0.29) is 0 Å². The molecule has 1 aromatic carbocycles. The van der Waals surface area contributed by atoms with Crippen molar-refractivity contribution in [3.05, 3.63) is 70.9 Å². The van der Waals surface area contributed by atoms with Gasteiger partial charge in [-0.05, 0) is 12.5 Å². The number of hydrogen-bond acceptors (Lipinski definition) is 6. The Kier molecular flexibility index (Phi) is 4.36. The summed E-state index contributed by atoms with van der Waals surface area (Å²) in [5.41, 5.74) is 8.05. The molecule has 2 aliphatic heterocycles. The van der Waals surface area contributed by atoms with Gasteiger partial charge in [0.25, 0.3) is 6.43 Å². The quantitative estimate of drug-likeness (QED) is 0.789. The molecule has 4 rings (SSSR count). The molecule has 0 aliphatic carbocycles. The van der Waals surface area contributed by atoms with E-state index in [0.717, 1.165) is 22.5 Å². The maximum Gasteiger partial charge on any atom is 0.257 e. The second kappa shape index (κ2) is 6.84. The SMILES string of the molecule is Cc1nn(CC(F)F)cc1C1=C2N=CN(N)C=C2N(Cc2ccccc2)N1. The second-order valence-corrected chi connectivity index (χ2v) is 6.35. The van der Waals surface area contributed by atoms with E-state index in [1.807, 2.05) is 35.3 Å². The van der Waals surface area contributed by atoms with Crippen LogP contribution in [-0.2, 0) is 13.1 Å². The molecule has 27 heavy (non-hydrogen) atoms. The van der Waals surface area contributed by atoms with Crippen LogP contribution in [0.15, 0.2) is 59.1 Å². The Morgan fingerprint density at radius 1 is 1.22 bits per heavy atom. The number of aryl methyl sites for hydroxylation is 1. The lowest BCUT2D eigenvalue weighted by Gasteiger charge is -2.24. The number of fused-ring (bicyclic) bond motifs is 1. The van der Waals surface area contributed by atoms with Crippen LogP contribution in [0.25, 0.3) is 5.70 Å². The summed E-state index contributed by atoms with van der Waals surface area (Å²) in [4.78, 5) is 4.43. The Morgan fingerprint density at radius 2 is 2.00 bits per heavy atom. The molecule has 0 radical (unpaired) electrons. The number of nitrogens with zero attached hydrogens (tertiary/aromatic N) is 5. The molecule has 0 fully saturated rings. The lowest BCUT2D eigenvalue weighted by Crippen LogP contribution is -2.33. The number of aliphatic imine (C=N–C) groups is 1. The molecule has 0 saturated heterocycles. The number of rotatable bonds is 5. The second-order valence-electron chi connectivity index (χ2n) is 6.35. The van der Waals surface area contributed by atoms with Gasteiger partial charge in [-0.25, -0.2) is 19.6 Å². The van der Waals surface area contributed by atoms with Crippen LogP contribution in [0.2, 0.25) is 0 Å². The van der Waals surface area contributed by atoms with Crippen molar-refractivity contribution in [3.63, 3.8) is 0 Å². The van der Waals surface area contributed by atoms with Crippen molar-refractivity contribution in [2.45, 2.75) is 26.4 Å². The third kappa shape index (κ3) is 3.41. The summed E-state index contributed by atoms with van der Waals surface area (Å²) in [5, 5.41) is 7.51. The van der Waals surface area contributed by atoms with E-state index in [9.17, 15) is 8.78 Å². The van der Waals surface area contributed by atoms with Gasteiger partial charge in [-0.15, -0.1) is 0 Å². The molecule has 2 aromatic rings. The van der Waals surface area contributed by atoms with Crippen LogP contribution in [0.3, 0.4) is 0 Å². The molecule has 0 saturated carbocycles. The molecule has 9 heteroatoms. The Morgan fingerprint density at radius 3 is 2.74 bits per heavy atom. The molecule has 0 atom stereocenters. The highest BCUT2D eigenvalue weighted by Gasteiger charge is 2.31. The molecule has 0 unspecified atom stereocenters. The van der Waals surface area contributed by atoms with Crippen LogP contribution >= 0.6 is 0 Å². The minimum absolute atomic E-state index is 0.445. The van der Waals surface area contributed by atoms with Gasteiger partial charge in [0.15, 0.2) is 0 Å². The number of hydrogen-bond donors (Lipinski definition) is 2. The third-order valence-corrected chi connectivity index (χ3v) is 4.33. The average molecular weight is 371 g/mol. The number of halogens is 2. The van der Waals surface area contributed by atoms with Gasteiger partial charge in [0.1, 0.15) is 24.3 Å². The molecule has 0 bridgehead atoms. The lowest BCUT2D eigenvalue weighted by atomic mass is 10.1. The number of benzene rings is 1. The van der Waals surface area contributed by atoms with Crippen molar-refractivity contribution in [2.24, 2.45) is 10.8 Å². The van der Waals surface area contributed by atoms with E-state index in [0.29, 0.717) is 17.9 Å². The molecular formula is C18H19F2N7. The van der Waals surface area contributed by atoms with Gasteiger partial charge in [0.05, 0.1) is 17.9 Å². The van der Waals surface area contributed by atoms with Crippen LogP contribution in [0.4, 0.5) is 8.78 Å². The summed E-state index contributed by atoms with van der Waals surface area (Å²) in [6.45, 7) is 1.94. The monoisotopic (exact) mass is 371 g/mol. The third-order valence-electron chi connectivity index (χ3n) is 4.33. The Labute approximate surface area is 155 Å². The fourth-order valence-corrected chi connectivity index (χ4v) is 3.14. The molecular weight excluding hydrogens is 352 g/mol. The zero-order chi connectivity index (χ0) is 19.0. The van der Waals surface area contributed by atoms with E-state index in [1.165, 1.54) is 16.0 Å². The lowest BCUT2D eigenvalue weighted by molar-refractivity contribution is 0.121. The zero-order valence-electron chi connectivity index (χ0n) is 14.7. The molecule has 3 N–H and O–H groups in total. The molecule has 2 aliphatic rings. The summed E-state index contributed by atoms with van der Waals surface area (Å²) in [6.07, 6.45) is 2.43. The van der Waals surface area contributed by atoms with E-state index in [4.69, 9.17) is 5.84 Å². The van der Waals surface area contributed by atoms with E-state index in [2.05, 4.69) is 15.5 Å². The number of nitrogens with two attached hydrogens (primary N) is 1. The van der Waals surface area contributed by atoms with Crippen LogP contribution in [-0.4, -0.2) is 32.6 Å². The first kappa shape index (κ1) is 17.2. The van der Waals surface area contributed by atoms with Crippen LogP contribution in [0.5, 0.6) is 0 Å². The zero-order valence-corrected chi connectivity index (χ0v) is 14.7. The Bertz CT molecular complexity index is 930. The normalized spacial score (nSPS) is 16.1. The first-order valence-corrected chi connectivity index (χ1v) is 8.45. The van der Waals surface area contributed by atoms with Gasteiger partial charge in [0, 0.05) is 18.0 Å². The predicted molar refractivity (Wildman–Crippen MR) is 97.6 cm³/mol. The van der Waals surface area contributed by atoms with E-state index in [1.54, 1.807) is 19.3 Å². The summed E-state index contributed by atoms with van der Waals surface area (Å²) >= 11 is 0. The smallest absolute Gasteiger partial charge is 0.257 e. The Hall–Kier alpha value is -3.20. The maximum absolute atomic E-state index is 12.7. The van der Waals surface area contributed by atoms with Gasteiger partial charge >= 0.3 is 0 Å². The summed E-state index contributed by atoms with van der Waals surface area (Å²) in [7, 11) is 0. The van der Waals surface area contributed by atoms with Crippen LogP contribution in [0.1, 0.15) is 16.8 Å². The first-order chi connectivity index (χ1) is 13.0. The molecule has 7 nitrogen and oxygen atoms in total. The summed E-state index contributed by atoms with van der Waals surface area (Å²) in [5.74, 6) is 5.85. The van der Waals surface area contributed by atoms with Gasteiger partial charge in [-0.2, -0.15) is 5.10 Å². The highest BCUT2D eigenvalue weighted by Crippen LogP contribution is 2.34. The fourth-order valence-electron chi connectivity index (χ4n) is 3.14. The van der Waals surface area contributed by atoms with Gasteiger partial charge in [0.2, 0.25) is 0 Å². The molecule has 3 heterocycles. The van der Waals surface area contributed by atoms with E-state index >= 15 is 0 Å². The topological polar surface area (TPSA) is 74.7 Å². The molecule has 0 spiro atoms. The van der Waals surface area contributed by atoms with E-state index < -0.39 is 13.0 Å². The van der Waals surface area contributed by atoms with Crippen molar-refractivity contribution in [3.8, 4) is 0 Å².